The Labute approximate surface area is 118 Å². The summed E-state index contributed by atoms with van der Waals surface area (Å²) >= 11 is 0. The van der Waals surface area contributed by atoms with Crippen LogP contribution in [-0.4, -0.2) is 49.2 Å². The van der Waals surface area contributed by atoms with E-state index < -0.39 is 5.54 Å². The molecule has 4 nitrogen and oxygen atoms in total. The molecule has 0 rings (SSSR count). The first-order valence-electron chi connectivity index (χ1n) is 7.13. The summed E-state index contributed by atoms with van der Waals surface area (Å²) < 4.78 is 5.21. The number of ether oxygens (including phenoxy) is 1. The van der Waals surface area contributed by atoms with E-state index in [1.54, 1.807) is 0 Å². The smallest absolute Gasteiger partial charge is 0.327 e. The van der Waals surface area contributed by atoms with Crippen molar-refractivity contribution in [3.8, 4) is 0 Å². The van der Waals surface area contributed by atoms with Gasteiger partial charge in [0.05, 0.1) is 6.61 Å². The first-order chi connectivity index (χ1) is 8.50. The van der Waals surface area contributed by atoms with E-state index >= 15 is 0 Å². The van der Waals surface area contributed by atoms with Gasteiger partial charge >= 0.3 is 5.97 Å². The number of carbonyl (C=O) groups is 1. The molecule has 0 saturated carbocycles. The lowest BCUT2D eigenvalue weighted by Gasteiger charge is -2.36. The molecule has 0 aromatic heterocycles. The minimum absolute atomic E-state index is 0.176. The van der Waals surface area contributed by atoms with Crippen LogP contribution in [0.1, 0.15) is 48.5 Å². The minimum Gasteiger partial charge on any atom is -0.465 e. The summed E-state index contributed by atoms with van der Waals surface area (Å²) in [5.41, 5.74) is -0.452. The van der Waals surface area contributed by atoms with Crippen molar-refractivity contribution in [2.45, 2.75) is 60.0 Å². The van der Waals surface area contributed by atoms with E-state index in [1.165, 1.54) is 0 Å². The molecule has 4 heteroatoms. The minimum atomic E-state index is -0.663. The zero-order chi connectivity index (χ0) is 15.3. The number of rotatable bonds is 7. The van der Waals surface area contributed by atoms with Crippen LogP contribution in [0.4, 0.5) is 0 Å². The third kappa shape index (κ3) is 7.53. The Balaban J connectivity index is 4.80. The Morgan fingerprint density at radius 2 is 1.74 bits per heavy atom. The van der Waals surface area contributed by atoms with Crippen molar-refractivity contribution in [1.29, 1.82) is 0 Å². The second-order valence-electron chi connectivity index (χ2n) is 7.08. The average Bonchev–Trinajstić information content (AvgIpc) is 2.12. The highest BCUT2D eigenvalue weighted by Gasteiger charge is 2.36. The summed E-state index contributed by atoms with van der Waals surface area (Å²) in [7, 11) is 2.05. The SMILES string of the molecule is CCOC(=O)C(C)(CN(C)CC(C)(C)C)NC(C)C. The molecule has 0 aromatic rings. The van der Waals surface area contributed by atoms with Gasteiger partial charge < -0.3 is 9.64 Å². The Morgan fingerprint density at radius 1 is 1.21 bits per heavy atom. The molecule has 114 valence electrons. The van der Waals surface area contributed by atoms with Gasteiger partial charge in [-0.05, 0) is 40.2 Å². The van der Waals surface area contributed by atoms with Gasteiger partial charge in [-0.3, -0.25) is 10.1 Å². The summed E-state index contributed by atoms with van der Waals surface area (Å²) in [5.74, 6) is -0.176. The zero-order valence-electron chi connectivity index (χ0n) is 14.0. The van der Waals surface area contributed by atoms with Crippen LogP contribution < -0.4 is 5.32 Å². The van der Waals surface area contributed by atoms with Crippen LogP contribution in [0.2, 0.25) is 0 Å². The normalized spacial score (nSPS) is 15.7. The fourth-order valence-electron chi connectivity index (χ4n) is 2.50. The molecule has 19 heavy (non-hydrogen) atoms. The molecule has 0 amide bonds. The van der Waals surface area contributed by atoms with Crippen LogP contribution in [0, 0.1) is 5.41 Å². The molecule has 0 aliphatic heterocycles. The van der Waals surface area contributed by atoms with Crippen LogP contribution in [0.5, 0.6) is 0 Å². The molecular weight excluding hydrogens is 240 g/mol. The predicted octanol–water partition coefficient (Wildman–Crippen LogP) is 2.28. The Bertz CT molecular complexity index is 284. The van der Waals surface area contributed by atoms with Gasteiger partial charge in [0.2, 0.25) is 0 Å². The van der Waals surface area contributed by atoms with Gasteiger partial charge in [-0.15, -0.1) is 0 Å². The number of hydrogen-bond donors (Lipinski definition) is 1. The highest BCUT2D eigenvalue weighted by Crippen LogP contribution is 2.17. The van der Waals surface area contributed by atoms with Crippen molar-refractivity contribution in [3.05, 3.63) is 0 Å². The number of carbonyl (C=O) groups excluding carboxylic acids is 1. The van der Waals surface area contributed by atoms with Gasteiger partial charge in [-0.1, -0.05) is 20.8 Å². The maximum Gasteiger partial charge on any atom is 0.327 e. The zero-order valence-corrected chi connectivity index (χ0v) is 14.0. The van der Waals surface area contributed by atoms with E-state index in [0.717, 1.165) is 6.54 Å². The molecular formula is C15H32N2O2. The highest BCUT2D eigenvalue weighted by molar-refractivity contribution is 5.80. The van der Waals surface area contributed by atoms with Crippen LogP contribution in [0.25, 0.3) is 0 Å². The average molecular weight is 272 g/mol. The first kappa shape index (κ1) is 18.4. The summed E-state index contributed by atoms with van der Waals surface area (Å²) in [6.45, 7) is 16.4. The maximum atomic E-state index is 12.2. The molecule has 0 fully saturated rings. The second kappa shape index (κ2) is 7.25. The number of nitrogens with one attached hydrogen (secondary N) is 1. The van der Waals surface area contributed by atoms with Crippen molar-refractivity contribution in [1.82, 2.24) is 10.2 Å². The van der Waals surface area contributed by atoms with E-state index in [1.807, 2.05) is 34.7 Å². The van der Waals surface area contributed by atoms with Crippen LogP contribution in [0.15, 0.2) is 0 Å². The van der Waals surface area contributed by atoms with E-state index in [4.69, 9.17) is 4.74 Å². The molecule has 0 bridgehead atoms. The largest absolute Gasteiger partial charge is 0.465 e. The molecule has 1 atom stereocenters. The molecule has 1 unspecified atom stereocenters. The summed E-state index contributed by atoms with van der Waals surface area (Å²) in [6.07, 6.45) is 0. The van der Waals surface area contributed by atoms with Gasteiger partial charge in [0, 0.05) is 19.1 Å². The fraction of sp³-hybridized carbons (Fsp3) is 0.933. The third-order valence-corrected chi connectivity index (χ3v) is 2.66. The van der Waals surface area contributed by atoms with Gasteiger partial charge in [0.1, 0.15) is 5.54 Å². The number of hydrogen-bond acceptors (Lipinski definition) is 4. The molecule has 0 aliphatic rings. The molecule has 0 aliphatic carbocycles. The van der Waals surface area contributed by atoms with Crippen LogP contribution in [-0.2, 0) is 9.53 Å². The molecule has 0 spiro atoms. The molecule has 1 N–H and O–H groups in total. The molecule has 0 saturated heterocycles. The number of likely N-dealkylation sites (N-methyl/N-ethyl adjacent to an activating group) is 1. The Hall–Kier alpha value is -0.610. The number of nitrogens with zero attached hydrogens (tertiary/aromatic N) is 1. The highest BCUT2D eigenvalue weighted by atomic mass is 16.5. The summed E-state index contributed by atoms with van der Waals surface area (Å²) in [5, 5.41) is 3.34. The molecule has 0 radical (unpaired) electrons. The van der Waals surface area contributed by atoms with E-state index in [2.05, 4.69) is 31.0 Å². The molecule has 0 heterocycles. The topological polar surface area (TPSA) is 41.6 Å². The van der Waals surface area contributed by atoms with Crippen molar-refractivity contribution in [2.24, 2.45) is 5.41 Å². The Kier molecular flexibility index (Phi) is 7.01. The van der Waals surface area contributed by atoms with Crippen molar-refractivity contribution in [2.75, 3.05) is 26.7 Å². The lowest BCUT2D eigenvalue weighted by atomic mass is 9.94. The predicted molar refractivity (Wildman–Crippen MR) is 80.3 cm³/mol. The lowest BCUT2D eigenvalue weighted by molar-refractivity contribution is -0.151. The van der Waals surface area contributed by atoms with E-state index in [0.29, 0.717) is 13.2 Å². The second-order valence-corrected chi connectivity index (χ2v) is 7.08. The van der Waals surface area contributed by atoms with Crippen LogP contribution >= 0.6 is 0 Å². The monoisotopic (exact) mass is 272 g/mol. The van der Waals surface area contributed by atoms with E-state index in [9.17, 15) is 4.79 Å². The number of esters is 1. The summed E-state index contributed by atoms with van der Waals surface area (Å²) in [4.78, 5) is 14.4. The standard InChI is InChI=1S/C15H32N2O2/c1-9-19-13(18)15(7,16-12(2)3)11-17(8)10-14(4,5)6/h12,16H,9-11H2,1-8H3. The van der Waals surface area contributed by atoms with Crippen molar-refractivity contribution < 1.29 is 9.53 Å². The lowest BCUT2D eigenvalue weighted by Crippen LogP contribution is -2.59. The van der Waals surface area contributed by atoms with Gasteiger partial charge in [-0.2, -0.15) is 0 Å². The van der Waals surface area contributed by atoms with Crippen molar-refractivity contribution >= 4 is 5.97 Å². The van der Waals surface area contributed by atoms with Gasteiger partial charge in [-0.25, -0.2) is 0 Å². The molecule has 0 aromatic carbocycles. The quantitative estimate of drug-likeness (QED) is 0.722. The maximum absolute atomic E-state index is 12.2. The summed E-state index contributed by atoms with van der Waals surface area (Å²) in [6, 6.07) is 0.234. The van der Waals surface area contributed by atoms with Crippen LogP contribution in [0.3, 0.4) is 0 Å². The Morgan fingerprint density at radius 3 is 2.11 bits per heavy atom. The fourth-order valence-corrected chi connectivity index (χ4v) is 2.50. The third-order valence-electron chi connectivity index (χ3n) is 2.66. The van der Waals surface area contributed by atoms with Crippen molar-refractivity contribution in [3.63, 3.8) is 0 Å². The van der Waals surface area contributed by atoms with Gasteiger partial charge in [0.25, 0.3) is 0 Å². The van der Waals surface area contributed by atoms with E-state index in [-0.39, 0.29) is 17.4 Å². The first-order valence-corrected chi connectivity index (χ1v) is 7.13. The van der Waals surface area contributed by atoms with Gasteiger partial charge in [0.15, 0.2) is 0 Å².